The topological polar surface area (TPSA) is 58.2 Å². The van der Waals surface area contributed by atoms with Crippen LogP contribution in [0.3, 0.4) is 0 Å². The normalized spacial score (nSPS) is 23.5. The van der Waals surface area contributed by atoms with Gasteiger partial charge in [0.15, 0.2) is 0 Å². The molecule has 2 N–H and O–H groups in total. The van der Waals surface area contributed by atoms with Gasteiger partial charge < -0.3 is 5.32 Å². The van der Waals surface area contributed by atoms with E-state index in [1.54, 1.807) is 0 Å². The van der Waals surface area contributed by atoms with Gasteiger partial charge in [0.1, 0.15) is 4.75 Å². The predicted octanol–water partition coefficient (Wildman–Crippen LogP) is 1.44. The quantitative estimate of drug-likeness (QED) is 0.753. The fourth-order valence-electron chi connectivity index (χ4n) is 2.73. The molecule has 1 spiro atoms. The highest BCUT2D eigenvalue weighted by Crippen LogP contribution is 2.47. The van der Waals surface area contributed by atoms with Crippen LogP contribution in [0.5, 0.6) is 0 Å². The molecule has 6 heteroatoms. The van der Waals surface area contributed by atoms with Gasteiger partial charge in [-0.3, -0.25) is 4.72 Å². The molecule has 0 amide bonds. The number of nitrogens with one attached hydrogen (secondary N) is 2. The molecule has 2 aliphatic rings. The third-order valence-corrected chi connectivity index (χ3v) is 5.73. The lowest BCUT2D eigenvalue weighted by molar-refractivity contribution is 0.402. The highest BCUT2D eigenvalue weighted by atomic mass is 35.5. The minimum absolute atomic E-state index is 0. The van der Waals surface area contributed by atoms with Crippen LogP contribution >= 0.6 is 12.4 Å². The summed E-state index contributed by atoms with van der Waals surface area (Å²) in [4.78, 5) is 0. The van der Waals surface area contributed by atoms with Crippen molar-refractivity contribution >= 4 is 28.1 Å². The lowest BCUT2D eigenvalue weighted by Crippen LogP contribution is -2.44. The molecule has 0 saturated carbocycles. The third kappa shape index (κ3) is 1.64. The Kier molecular flexibility index (Phi) is 3.10. The monoisotopic (exact) mass is 274 g/mol. The Labute approximate surface area is 107 Å². The maximum Gasteiger partial charge on any atom is 0.242 e. The van der Waals surface area contributed by atoms with Crippen molar-refractivity contribution in [2.45, 2.75) is 17.6 Å². The predicted molar refractivity (Wildman–Crippen MR) is 70.0 cm³/mol. The van der Waals surface area contributed by atoms with Crippen molar-refractivity contribution < 1.29 is 8.42 Å². The van der Waals surface area contributed by atoms with E-state index in [9.17, 15) is 8.42 Å². The van der Waals surface area contributed by atoms with E-state index in [2.05, 4.69) is 10.0 Å². The first-order valence-corrected chi connectivity index (χ1v) is 6.97. The highest BCUT2D eigenvalue weighted by molar-refractivity contribution is 7.94. The summed E-state index contributed by atoms with van der Waals surface area (Å²) in [7, 11) is -3.26. The van der Waals surface area contributed by atoms with Gasteiger partial charge >= 0.3 is 0 Å². The van der Waals surface area contributed by atoms with Gasteiger partial charge in [-0.05, 0) is 37.6 Å². The van der Waals surface area contributed by atoms with E-state index >= 15 is 0 Å². The minimum atomic E-state index is -3.26. The fourth-order valence-corrected chi connectivity index (χ4v) is 4.60. The van der Waals surface area contributed by atoms with Crippen LogP contribution in [0.4, 0.5) is 5.69 Å². The number of hydrogen-bond acceptors (Lipinski definition) is 3. The lowest BCUT2D eigenvalue weighted by atomic mass is 9.88. The molecule has 94 valence electrons. The van der Waals surface area contributed by atoms with Gasteiger partial charge in [-0.25, -0.2) is 8.42 Å². The second kappa shape index (κ2) is 4.15. The number of anilines is 1. The molecule has 17 heavy (non-hydrogen) atoms. The molecule has 0 radical (unpaired) electrons. The standard InChI is InChI=1S/C11H14N2O2S.ClH/c14-16(15)11(5-7-12-8-6-11)9-3-1-2-4-10(9)13-16;/h1-4,12-13H,5-8H2;1H. The summed E-state index contributed by atoms with van der Waals surface area (Å²) in [6, 6.07) is 7.54. The van der Waals surface area contributed by atoms with Gasteiger partial charge in [-0.1, -0.05) is 18.2 Å². The molecule has 0 atom stereocenters. The van der Waals surface area contributed by atoms with E-state index in [0.717, 1.165) is 24.3 Å². The van der Waals surface area contributed by atoms with E-state index in [1.165, 1.54) is 0 Å². The second-order valence-corrected chi connectivity index (χ2v) is 6.39. The van der Waals surface area contributed by atoms with E-state index in [4.69, 9.17) is 0 Å². The number of sulfonamides is 1. The van der Waals surface area contributed by atoms with Crippen LogP contribution in [0.15, 0.2) is 24.3 Å². The largest absolute Gasteiger partial charge is 0.317 e. The first kappa shape index (κ1) is 12.7. The molecule has 4 nitrogen and oxygen atoms in total. The van der Waals surface area contributed by atoms with Gasteiger partial charge in [0.05, 0.1) is 5.69 Å². The first-order valence-electron chi connectivity index (χ1n) is 5.48. The molecule has 0 unspecified atom stereocenters. The van der Waals surface area contributed by atoms with Crippen LogP contribution in [0.1, 0.15) is 18.4 Å². The minimum Gasteiger partial charge on any atom is -0.317 e. The number of benzene rings is 1. The molecule has 3 rings (SSSR count). The van der Waals surface area contributed by atoms with E-state index < -0.39 is 14.8 Å². The number of fused-ring (bicyclic) bond motifs is 2. The van der Waals surface area contributed by atoms with Crippen LogP contribution < -0.4 is 10.0 Å². The van der Waals surface area contributed by atoms with Gasteiger partial charge in [0, 0.05) is 0 Å². The zero-order valence-electron chi connectivity index (χ0n) is 9.27. The van der Waals surface area contributed by atoms with Gasteiger partial charge in [0.2, 0.25) is 10.0 Å². The summed E-state index contributed by atoms with van der Waals surface area (Å²) in [6.45, 7) is 1.52. The maximum absolute atomic E-state index is 12.3. The second-order valence-electron chi connectivity index (χ2n) is 4.40. The number of piperidine rings is 1. The summed E-state index contributed by atoms with van der Waals surface area (Å²) in [5, 5.41) is 3.21. The fraction of sp³-hybridized carbons (Fsp3) is 0.455. The Bertz CT molecular complexity index is 524. The van der Waals surface area contributed by atoms with Gasteiger partial charge in [-0.15, -0.1) is 12.4 Å². The molecule has 2 heterocycles. The van der Waals surface area contributed by atoms with Crippen molar-refractivity contribution in [3.8, 4) is 0 Å². The van der Waals surface area contributed by atoms with E-state index in [-0.39, 0.29) is 12.4 Å². The Hall–Kier alpha value is -0.780. The Morgan fingerprint density at radius 1 is 1.12 bits per heavy atom. The molecule has 2 aliphatic heterocycles. The number of rotatable bonds is 0. The van der Waals surface area contributed by atoms with Gasteiger partial charge in [0.25, 0.3) is 0 Å². The average molecular weight is 275 g/mol. The lowest BCUT2D eigenvalue weighted by Gasteiger charge is -2.32. The van der Waals surface area contributed by atoms with E-state index in [1.807, 2.05) is 24.3 Å². The number of para-hydroxylation sites is 1. The molecule has 1 aromatic carbocycles. The molecular weight excluding hydrogens is 260 g/mol. The Morgan fingerprint density at radius 2 is 1.76 bits per heavy atom. The molecular formula is C11H15ClN2O2S. The van der Waals surface area contributed by atoms with Crippen molar-refractivity contribution in [3.05, 3.63) is 29.8 Å². The van der Waals surface area contributed by atoms with Gasteiger partial charge in [-0.2, -0.15) is 0 Å². The number of hydrogen-bond donors (Lipinski definition) is 2. The summed E-state index contributed by atoms with van der Waals surface area (Å²) in [5.41, 5.74) is 1.70. The zero-order valence-corrected chi connectivity index (χ0v) is 10.9. The zero-order chi connectivity index (χ0) is 11.2. The van der Waals surface area contributed by atoms with Crippen molar-refractivity contribution in [1.29, 1.82) is 0 Å². The average Bonchev–Trinajstić information content (AvgIpc) is 2.49. The summed E-state index contributed by atoms with van der Waals surface area (Å²) < 4.78 is 26.5. The third-order valence-electron chi connectivity index (χ3n) is 3.59. The van der Waals surface area contributed by atoms with Crippen LogP contribution in [-0.4, -0.2) is 21.5 Å². The van der Waals surface area contributed by atoms with Crippen LogP contribution in [-0.2, 0) is 14.8 Å². The van der Waals surface area contributed by atoms with Crippen molar-refractivity contribution in [2.75, 3.05) is 17.8 Å². The molecule has 1 aromatic rings. The van der Waals surface area contributed by atoms with Crippen molar-refractivity contribution in [2.24, 2.45) is 0 Å². The maximum atomic E-state index is 12.3. The first-order chi connectivity index (χ1) is 7.66. The Balaban J connectivity index is 0.00000108. The van der Waals surface area contributed by atoms with Crippen molar-refractivity contribution in [3.63, 3.8) is 0 Å². The Morgan fingerprint density at radius 3 is 2.47 bits per heavy atom. The molecule has 1 fully saturated rings. The van der Waals surface area contributed by atoms with Crippen LogP contribution in [0, 0.1) is 0 Å². The summed E-state index contributed by atoms with van der Waals surface area (Å²) >= 11 is 0. The highest BCUT2D eigenvalue weighted by Gasteiger charge is 2.51. The van der Waals surface area contributed by atoms with E-state index in [0.29, 0.717) is 12.8 Å². The summed E-state index contributed by atoms with van der Waals surface area (Å²) in [6.07, 6.45) is 1.30. The number of halogens is 1. The SMILES string of the molecule is Cl.O=S1(=O)Nc2ccccc2C12CCNCC2. The molecule has 0 bridgehead atoms. The smallest absolute Gasteiger partial charge is 0.242 e. The van der Waals surface area contributed by atoms with Crippen LogP contribution in [0.2, 0.25) is 0 Å². The summed E-state index contributed by atoms with van der Waals surface area (Å²) in [5.74, 6) is 0. The van der Waals surface area contributed by atoms with Crippen molar-refractivity contribution in [1.82, 2.24) is 5.32 Å². The molecule has 0 aromatic heterocycles. The molecule has 1 saturated heterocycles. The van der Waals surface area contributed by atoms with Crippen LogP contribution in [0.25, 0.3) is 0 Å². The molecule has 0 aliphatic carbocycles.